The molecule has 3 rings (SSSR count). The van der Waals surface area contributed by atoms with E-state index in [1.807, 2.05) is 6.92 Å². The van der Waals surface area contributed by atoms with Crippen molar-refractivity contribution in [3.8, 4) is 11.6 Å². The van der Waals surface area contributed by atoms with E-state index in [0.29, 0.717) is 39.2 Å². The van der Waals surface area contributed by atoms with Crippen molar-refractivity contribution in [3.05, 3.63) is 39.2 Å². The lowest BCUT2D eigenvalue weighted by molar-refractivity contribution is 0.0531. The number of aromatic nitrogens is 3. The summed E-state index contributed by atoms with van der Waals surface area (Å²) < 4.78 is 11.8. The number of thiophene rings is 1. The Balaban J connectivity index is 2.11. The van der Waals surface area contributed by atoms with Crippen molar-refractivity contribution >= 4 is 43.5 Å². The number of pyridine rings is 1. The maximum absolute atomic E-state index is 12.1. The second-order valence-electron chi connectivity index (χ2n) is 4.97. The van der Waals surface area contributed by atoms with Crippen LogP contribution in [0.2, 0.25) is 0 Å². The number of esters is 1. The number of halogens is 1. The second-order valence-corrected chi connectivity index (χ2v) is 6.89. The Labute approximate surface area is 151 Å². The molecule has 0 atom stereocenters. The summed E-state index contributed by atoms with van der Waals surface area (Å²) >= 11 is 4.64. The summed E-state index contributed by atoms with van der Waals surface area (Å²) in [6.07, 6.45) is 3.27. The molecule has 0 radical (unpaired) electrons. The van der Waals surface area contributed by atoms with E-state index in [1.165, 1.54) is 11.3 Å². The molecule has 0 N–H and O–H groups in total. The highest BCUT2D eigenvalue weighted by Gasteiger charge is 2.22. The monoisotopic (exact) mass is 407 g/mol. The quantitative estimate of drug-likeness (QED) is 0.595. The second kappa shape index (κ2) is 6.82. The Kier molecular flexibility index (Phi) is 4.77. The van der Waals surface area contributed by atoms with Gasteiger partial charge in [-0.3, -0.25) is 4.98 Å². The Morgan fingerprint density at radius 1 is 1.29 bits per heavy atom. The SMILES string of the molecule is CCOC(=O)c1sc2nc(C)nc(Oc3cncc(Br)c3)c2c1C. The topological polar surface area (TPSA) is 74.2 Å². The lowest BCUT2D eigenvalue weighted by atomic mass is 10.2. The van der Waals surface area contributed by atoms with Crippen molar-refractivity contribution in [1.29, 1.82) is 0 Å². The largest absolute Gasteiger partial charge is 0.462 e. The van der Waals surface area contributed by atoms with Gasteiger partial charge in [-0.1, -0.05) is 0 Å². The van der Waals surface area contributed by atoms with Crippen molar-refractivity contribution < 1.29 is 14.3 Å². The summed E-state index contributed by atoms with van der Waals surface area (Å²) in [5, 5.41) is 0.716. The number of fused-ring (bicyclic) bond motifs is 1. The van der Waals surface area contributed by atoms with Crippen molar-refractivity contribution in [2.75, 3.05) is 6.61 Å². The Morgan fingerprint density at radius 2 is 2.08 bits per heavy atom. The summed E-state index contributed by atoms with van der Waals surface area (Å²) in [5.74, 6) is 1.16. The standard InChI is InChI=1S/C16H14BrN3O3S/c1-4-22-16(21)13-8(2)12-14(19-9(3)20-15(12)24-13)23-11-5-10(17)6-18-7-11/h5-7H,4H2,1-3H3. The van der Waals surface area contributed by atoms with E-state index in [-0.39, 0.29) is 5.97 Å². The molecule has 0 saturated heterocycles. The number of aryl methyl sites for hydroxylation is 2. The van der Waals surface area contributed by atoms with Crippen LogP contribution in [0.25, 0.3) is 10.2 Å². The van der Waals surface area contributed by atoms with Crippen LogP contribution < -0.4 is 4.74 Å². The highest BCUT2D eigenvalue weighted by atomic mass is 79.9. The first-order valence-electron chi connectivity index (χ1n) is 7.23. The number of rotatable bonds is 4. The summed E-state index contributed by atoms with van der Waals surface area (Å²) in [4.78, 5) is 26.2. The van der Waals surface area contributed by atoms with Crippen LogP contribution in [-0.4, -0.2) is 27.5 Å². The Hall–Kier alpha value is -2.06. The van der Waals surface area contributed by atoms with Crippen molar-refractivity contribution in [2.24, 2.45) is 0 Å². The van der Waals surface area contributed by atoms with Gasteiger partial charge in [0.25, 0.3) is 0 Å². The van der Waals surface area contributed by atoms with Gasteiger partial charge in [-0.2, -0.15) is 4.98 Å². The lowest BCUT2D eigenvalue weighted by Gasteiger charge is -2.07. The summed E-state index contributed by atoms with van der Waals surface area (Å²) in [6.45, 7) is 5.73. The van der Waals surface area contributed by atoms with E-state index in [2.05, 4.69) is 30.9 Å². The first-order chi connectivity index (χ1) is 11.5. The van der Waals surface area contributed by atoms with E-state index in [4.69, 9.17) is 9.47 Å². The maximum Gasteiger partial charge on any atom is 0.348 e. The van der Waals surface area contributed by atoms with Crippen LogP contribution in [0, 0.1) is 13.8 Å². The highest BCUT2D eigenvalue weighted by molar-refractivity contribution is 9.10. The van der Waals surface area contributed by atoms with Crippen LogP contribution in [0.3, 0.4) is 0 Å². The lowest BCUT2D eigenvalue weighted by Crippen LogP contribution is -2.03. The minimum atomic E-state index is -0.356. The highest BCUT2D eigenvalue weighted by Crippen LogP contribution is 2.37. The smallest absolute Gasteiger partial charge is 0.348 e. The van der Waals surface area contributed by atoms with Gasteiger partial charge in [-0.15, -0.1) is 11.3 Å². The Morgan fingerprint density at radius 3 is 2.79 bits per heavy atom. The van der Waals surface area contributed by atoms with Crippen molar-refractivity contribution in [3.63, 3.8) is 0 Å². The predicted octanol–water partition coefficient (Wildman–Crippen LogP) is 4.43. The van der Waals surface area contributed by atoms with Crippen LogP contribution in [0.5, 0.6) is 11.6 Å². The number of ether oxygens (including phenoxy) is 2. The molecule has 0 aromatic carbocycles. The van der Waals surface area contributed by atoms with Crippen molar-refractivity contribution in [2.45, 2.75) is 20.8 Å². The van der Waals surface area contributed by atoms with Gasteiger partial charge in [0.2, 0.25) is 5.88 Å². The summed E-state index contributed by atoms with van der Waals surface area (Å²) in [6, 6.07) is 1.80. The van der Waals surface area contributed by atoms with Gasteiger partial charge in [0.1, 0.15) is 21.3 Å². The van der Waals surface area contributed by atoms with Crippen LogP contribution in [0.4, 0.5) is 0 Å². The molecule has 0 unspecified atom stereocenters. The average molecular weight is 408 g/mol. The van der Waals surface area contributed by atoms with E-state index < -0.39 is 0 Å². The molecule has 0 saturated carbocycles. The van der Waals surface area contributed by atoms with E-state index in [9.17, 15) is 4.79 Å². The summed E-state index contributed by atoms with van der Waals surface area (Å²) in [7, 11) is 0. The molecule has 0 aliphatic carbocycles. The maximum atomic E-state index is 12.1. The van der Waals surface area contributed by atoms with Gasteiger partial charge in [0.05, 0.1) is 18.2 Å². The summed E-state index contributed by atoms with van der Waals surface area (Å²) in [5.41, 5.74) is 0.756. The number of carbonyl (C=O) groups is 1. The third-order valence-electron chi connectivity index (χ3n) is 3.22. The molecule has 3 aromatic rings. The first-order valence-corrected chi connectivity index (χ1v) is 8.83. The fourth-order valence-electron chi connectivity index (χ4n) is 2.23. The molecular weight excluding hydrogens is 394 g/mol. The zero-order chi connectivity index (χ0) is 17.3. The fraction of sp³-hybridized carbons (Fsp3) is 0.250. The van der Waals surface area contributed by atoms with Gasteiger partial charge in [-0.25, -0.2) is 9.78 Å². The molecule has 8 heteroatoms. The van der Waals surface area contributed by atoms with E-state index in [0.717, 1.165) is 10.0 Å². The number of hydrogen-bond acceptors (Lipinski definition) is 7. The number of nitrogens with zero attached hydrogens (tertiary/aromatic N) is 3. The van der Waals surface area contributed by atoms with E-state index >= 15 is 0 Å². The van der Waals surface area contributed by atoms with Crippen LogP contribution in [0.15, 0.2) is 22.9 Å². The van der Waals surface area contributed by atoms with Gasteiger partial charge in [0, 0.05) is 10.7 Å². The molecule has 0 aliphatic heterocycles. The van der Waals surface area contributed by atoms with Crippen LogP contribution >= 0.6 is 27.3 Å². The van der Waals surface area contributed by atoms with E-state index in [1.54, 1.807) is 32.3 Å². The fourth-order valence-corrected chi connectivity index (χ4v) is 3.68. The third-order valence-corrected chi connectivity index (χ3v) is 4.82. The van der Waals surface area contributed by atoms with Gasteiger partial charge in [0.15, 0.2) is 0 Å². The molecule has 0 fully saturated rings. The third kappa shape index (κ3) is 3.25. The van der Waals surface area contributed by atoms with Crippen LogP contribution in [0.1, 0.15) is 28.0 Å². The molecule has 24 heavy (non-hydrogen) atoms. The minimum Gasteiger partial charge on any atom is -0.462 e. The number of carbonyl (C=O) groups excluding carboxylic acids is 1. The Bertz CT molecular complexity index is 926. The van der Waals surface area contributed by atoms with Gasteiger partial charge in [-0.05, 0) is 48.3 Å². The first kappa shape index (κ1) is 16.8. The molecule has 0 amide bonds. The molecule has 124 valence electrons. The van der Waals surface area contributed by atoms with Gasteiger partial charge >= 0.3 is 5.97 Å². The van der Waals surface area contributed by atoms with Gasteiger partial charge < -0.3 is 9.47 Å². The molecule has 6 nitrogen and oxygen atoms in total. The molecule has 3 heterocycles. The van der Waals surface area contributed by atoms with Crippen LogP contribution in [-0.2, 0) is 4.74 Å². The molecule has 3 aromatic heterocycles. The molecule has 0 bridgehead atoms. The normalized spacial score (nSPS) is 10.8. The average Bonchev–Trinajstić information content (AvgIpc) is 2.84. The zero-order valence-corrected chi connectivity index (χ0v) is 15.7. The molecule has 0 spiro atoms. The molecule has 0 aliphatic rings. The minimum absolute atomic E-state index is 0.324. The molecular formula is C16H14BrN3O3S. The van der Waals surface area contributed by atoms with Crippen molar-refractivity contribution in [1.82, 2.24) is 15.0 Å². The zero-order valence-electron chi connectivity index (χ0n) is 13.3. The predicted molar refractivity (Wildman–Crippen MR) is 94.9 cm³/mol. The number of hydrogen-bond donors (Lipinski definition) is 0.